The zero-order valence-corrected chi connectivity index (χ0v) is 26.2. The van der Waals surface area contributed by atoms with E-state index in [1.54, 1.807) is 6.07 Å². The van der Waals surface area contributed by atoms with Crippen LogP contribution in [0.3, 0.4) is 0 Å². The van der Waals surface area contributed by atoms with Gasteiger partial charge >= 0.3 is 0 Å². The van der Waals surface area contributed by atoms with Gasteiger partial charge in [0.1, 0.15) is 11.2 Å². The van der Waals surface area contributed by atoms with Crippen LogP contribution in [-0.2, 0) is 0 Å². The molecule has 2 aromatic heterocycles. The number of fused-ring (bicyclic) bond motifs is 3. The number of hydrogen-bond donors (Lipinski definition) is 0. The number of hydrogen-bond acceptors (Lipinski definition) is 4. The highest BCUT2D eigenvalue weighted by atomic mass is 16.3. The van der Waals surface area contributed by atoms with E-state index in [0.717, 1.165) is 38.9 Å². The lowest BCUT2D eigenvalue weighted by molar-refractivity contribution is 0.669. The third-order valence-corrected chi connectivity index (χ3v) is 8.59. The fraction of sp³-hybridized carbons (Fsp3) is 0. The summed E-state index contributed by atoms with van der Waals surface area (Å²) < 4.78 is 42.2. The Bertz CT molecular complexity index is 2810. The number of nitrogens with zero attached hydrogens (tertiary/aromatic N) is 3. The molecule has 0 fully saturated rings. The molecule has 0 bridgehead atoms. The van der Waals surface area contributed by atoms with Crippen LogP contribution in [0.4, 0.5) is 0 Å². The molecule has 0 unspecified atom stereocenters. The van der Waals surface area contributed by atoms with Crippen molar-refractivity contribution in [3.63, 3.8) is 0 Å². The fourth-order valence-electron chi connectivity index (χ4n) is 6.07. The van der Waals surface area contributed by atoms with Crippen LogP contribution in [0.15, 0.2) is 180 Å². The highest BCUT2D eigenvalue weighted by molar-refractivity contribution is 6.07. The summed E-state index contributed by atoms with van der Waals surface area (Å²) in [5, 5.41) is 0.858. The summed E-state index contributed by atoms with van der Waals surface area (Å²) in [6, 6.07) is 49.0. The van der Waals surface area contributed by atoms with Gasteiger partial charge in [-0.15, -0.1) is 0 Å². The van der Waals surface area contributed by atoms with Gasteiger partial charge in [0.2, 0.25) is 0 Å². The van der Waals surface area contributed by atoms with Gasteiger partial charge in [-0.2, -0.15) is 0 Å². The lowest BCUT2D eigenvalue weighted by atomic mass is 10.0. The maximum absolute atomic E-state index is 9.54. The van der Waals surface area contributed by atoms with Gasteiger partial charge in [-0.05, 0) is 69.7 Å². The standard InChI is InChI=1S/C45H29N3O/c1-4-11-30(12-5-1)33-19-21-34(22-20-33)43-46-44(37-18-10-17-35(27-37)31-13-6-2-7-14-31)48-45(47-43)38-24-26-42-40(29-38)39-28-36(23-25-41(39)49-42)32-15-8-3-9-16-32/h1-29H/i23D,25D,26D,29D. The molecule has 2 heterocycles. The van der Waals surface area contributed by atoms with Gasteiger partial charge in [0, 0.05) is 27.5 Å². The molecule has 9 rings (SSSR count). The summed E-state index contributed by atoms with van der Waals surface area (Å²) in [5.74, 6) is 1.09. The zero-order chi connectivity index (χ0) is 36.1. The molecule has 230 valence electrons. The molecule has 0 spiro atoms. The summed E-state index contributed by atoms with van der Waals surface area (Å²) in [5.41, 5.74) is 7.77. The fourth-order valence-corrected chi connectivity index (χ4v) is 6.07. The molecule has 0 aliphatic heterocycles. The molecule has 0 amide bonds. The van der Waals surface area contributed by atoms with E-state index in [9.17, 15) is 1.37 Å². The van der Waals surface area contributed by atoms with E-state index in [0.29, 0.717) is 33.5 Å². The van der Waals surface area contributed by atoms with Crippen molar-refractivity contribution in [3.8, 4) is 67.5 Å². The average molecular weight is 632 g/mol. The Morgan fingerprint density at radius 1 is 0.347 bits per heavy atom. The summed E-state index contributed by atoms with van der Waals surface area (Å²) in [7, 11) is 0. The molecular formula is C45H29N3O. The minimum atomic E-state index is -0.0973. The highest BCUT2D eigenvalue weighted by Gasteiger charge is 2.16. The van der Waals surface area contributed by atoms with Crippen LogP contribution in [0.1, 0.15) is 5.48 Å². The molecule has 4 heteroatoms. The van der Waals surface area contributed by atoms with Crippen molar-refractivity contribution >= 4 is 21.9 Å². The van der Waals surface area contributed by atoms with Crippen LogP contribution in [0.25, 0.3) is 89.5 Å². The van der Waals surface area contributed by atoms with Gasteiger partial charge in [0.15, 0.2) is 17.5 Å². The predicted molar refractivity (Wildman–Crippen MR) is 200 cm³/mol. The Hall–Kier alpha value is -6.65. The second kappa shape index (κ2) is 12.2. The lowest BCUT2D eigenvalue weighted by Gasteiger charge is -2.10. The first-order valence-corrected chi connectivity index (χ1v) is 16.0. The van der Waals surface area contributed by atoms with Gasteiger partial charge in [-0.25, -0.2) is 15.0 Å². The number of rotatable bonds is 6. The summed E-state index contributed by atoms with van der Waals surface area (Å²) in [6.45, 7) is 0. The Kier molecular flexibility index (Phi) is 6.09. The van der Waals surface area contributed by atoms with E-state index in [4.69, 9.17) is 23.5 Å². The lowest BCUT2D eigenvalue weighted by Crippen LogP contribution is -2.00. The van der Waals surface area contributed by atoms with Crippen LogP contribution in [0.5, 0.6) is 0 Å². The van der Waals surface area contributed by atoms with Gasteiger partial charge in [0.05, 0.1) is 5.48 Å². The van der Waals surface area contributed by atoms with Crippen molar-refractivity contribution in [3.05, 3.63) is 176 Å². The molecule has 9 aromatic rings. The van der Waals surface area contributed by atoms with Crippen molar-refractivity contribution in [1.82, 2.24) is 15.0 Å². The van der Waals surface area contributed by atoms with Crippen molar-refractivity contribution in [2.45, 2.75) is 0 Å². The molecule has 0 aliphatic rings. The quantitative estimate of drug-likeness (QED) is 0.183. The first-order chi connectivity index (χ1) is 25.9. The third kappa shape index (κ3) is 5.56. The van der Waals surface area contributed by atoms with Crippen molar-refractivity contribution in [2.75, 3.05) is 0 Å². The van der Waals surface area contributed by atoms with E-state index in [1.165, 1.54) is 6.07 Å². The van der Waals surface area contributed by atoms with E-state index >= 15 is 0 Å². The smallest absolute Gasteiger partial charge is 0.164 e. The number of aromatic nitrogens is 3. The normalized spacial score (nSPS) is 12.4. The Morgan fingerprint density at radius 3 is 1.51 bits per heavy atom. The molecule has 0 saturated heterocycles. The Morgan fingerprint density at radius 2 is 0.837 bits per heavy atom. The van der Waals surface area contributed by atoms with E-state index in [1.807, 2.05) is 115 Å². The van der Waals surface area contributed by atoms with Gasteiger partial charge in [-0.1, -0.05) is 140 Å². The van der Waals surface area contributed by atoms with Gasteiger partial charge in [0.25, 0.3) is 0 Å². The second-order valence-electron chi connectivity index (χ2n) is 11.7. The molecule has 49 heavy (non-hydrogen) atoms. The minimum Gasteiger partial charge on any atom is -0.456 e. The summed E-state index contributed by atoms with van der Waals surface area (Å²) >= 11 is 0. The topological polar surface area (TPSA) is 51.8 Å². The van der Waals surface area contributed by atoms with Gasteiger partial charge in [-0.3, -0.25) is 0 Å². The second-order valence-corrected chi connectivity index (χ2v) is 11.7. The molecule has 0 atom stereocenters. The van der Waals surface area contributed by atoms with E-state index < -0.39 is 0 Å². The third-order valence-electron chi connectivity index (χ3n) is 8.59. The first kappa shape index (κ1) is 24.5. The monoisotopic (exact) mass is 631 g/mol. The Balaban J connectivity index is 1.25. The SMILES string of the molecule is [2H]c1c(-c2ccccc2)cc2c(oc3c([2H])cc(-c4nc(-c5ccc(-c6ccccc6)cc5)nc(-c5cccc(-c6ccccc6)c5)n4)c([2H])c32)c1[2H]. The summed E-state index contributed by atoms with van der Waals surface area (Å²) in [6.07, 6.45) is 0. The molecule has 7 aromatic carbocycles. The Labute approximate surface area is 289 Å². The maximum atomic E-state index is 9.54. The van der Waals surface area contributed by atoms with Crippen LogP contribution < -0.4 is 0 Å². The minimum absolute atomic E-state index is 0.0174. The molecule has 0 aliphatic carbocycles. The predicted octanol–water partition coefficient (Wildman–Crippen LogP) is 11.8. The molecule has 0 N–H and O–H groups in total. The van der Waals surface area contributed by atoms with Crippen molar-refractivity contribution in [1.29, 1.82) is 0 Å². The molecule has 4 nitrogen and oxygen atoms in total. The molecule has 0 saturated carbocycles. The average Bonchev–Trinajstić information content (AvgIpc) is 3.62. The van der Waals surface area contributed by atoms with Crippen LogP contribution in [0, 0.1) is 0 Å². The maximum Gasteiger partial charge on any atom is 0.164 e. The van der Waals surface area contributed by atoms with E-state index in [-0.39, 0.29) is 41.2 Å². The largest absolute Gasteiger partial charge is 0.456 e. The first-order valence-electron chi connectivity index (χ1n) is 18.0. The van der Waals surface area contributed by atoms with Crippen LogP contribution in [-0.4, -0.2) is 15.0 Å². The van der Waals surface area contributed by atoms with Crippen molar-refractivity contribution in [2.24, 2.45) is 0 Å². The number of benzene rings is 7. The van der Waals surface area contributed by atoms with Crippen LogP contribution in [0.2, 0.25) is 0 Å². The van der Waals surface area contributed by atoms with Crippen LogP contribution >= 0.6 is 0 Å². The highest BCUT2D eigenvalue weighted by Crippen LogP contribution is 2.36. The molecular weight excluding hydrogens is 599 g/mol. The molecule has 0 radical (unpaired) electrons. The van der Waals surface area contributed by atoms with E-state index in [2.05, 4.69) is 24.3 Å². The number of furan rings is 1. The van der Waals surface area contributed by atoms with Gasteiger partial charge < -0.3 is 4.42 Å². The zero-order valence-electron chi connectivity index (χ0n) is 30.2. The summed E-state index contributed by atoms with van der Waals surface area (Å²) in [4.78, 5) is 14.8. The van der Waals surface area contributed by atoms with Crippen molar-refractivity contribution < 1.29 is 9.90 Å².